The summed E-state index contributed by atoms with van der Waals surface area (Å²) in [5.74, 6) is 0.0270. The van der Waals surface area contributed by atoms with Crippen molar-refractivity contribution in [1.82, 2.24) is 5.32 Å². The van der Waals surface area contributed by atoms with Gasteiger partial charge in [-0.3, -0.25) is 0 Å². The molecule has 0 atom stereocenters. The Morgan fingerprint density at radius 2 is 2.00 bits per heavy atom. The van der Waals surface area contributed by atoms with E-state index in [1.807, 2.05) is 6.07 Å². The van der Waals surface area contributed by atoms with Gasteiger partial charge in [-0.15, -0.1) is 0 Å². The Morgan fingerprint density at radius 3 is 2.53 bits per heavy atom. The van der Waals surface area contributed by atoms with Crippen molar-refractivity contribution in [3.05, 3.63) is 29.6 Å². The van der Waals surface area contributed by atoms with Gasteiger partial charge in [0.15, 0.2) is 11.6 Å². The number of ether oxygens (including phenoxy) is 1. The minimum atomic E-state index is -0.281. The summed E-state index contributed by atoms with van der Waals surface area (Å²) in [7, 11) is 1.49. The van der Waals surface area contributed by atoms with Crippen molar-refractivity contribution in [3.63, 3.8) is 0 Å². The number of benzene rings is 1. The minimum absolute atomic E-state index is 0.156. The van der Waals surface area contributed by atoms with Crippen LogP contribution >= 0.6 is 0 Å². The molecule has 0 saturated heterocycles. The first-order valence-electron chi connectivity index (χ1n) is 6.90. The fourth-order valence-electron chi connectivity index (χ4n) is 2.16. The molecule has 0 unspecified atom stereocenters. The molecular weight excluding hydrogens is 241 g/mol. The van der Waals surface area contributed by atoms with Crippen LogP contribution in [0.15, 0.2) is 18.2 Å². The van der Waals surface area contributed by atoms with Gasteiger partial charge in [-0.2, -0.15) is 0 Å². The lowest BCUT2D eigenvalue weighted by atomic mass is 9.82. The maximum Gasteiger partial charge on any atom is 0.165 e. The highest BCUT2D eigenvalue weighted by molar-refractivity contribution is 5.29. The summed E-state index contributed by atoms with van der Waals surface area (Å²) in [6.45, 7) is 9.72. The fraction of sp³-hybridized carbons (Fsp3) is 0.625. The Hall–Kier alpha value is -1.09. The van der Waals surface area contributed by atoms with Gasteiger partial charge in [0, 0.05) is 6.04 Å². The second-order valence-corrected chi connectivity index (χ2v) is 6.17. The molecule has 1 rings (SSSR count). The highest BCUT2D eigenvalue weighted by Crippen LogP contribution is 2.27. The number of nitrogens with one attached hydrogen (secondary N) is 1. The van der Waals surface area contributed by atoms with Crippen molar-refractivity contribution in [2.24, 2.45) is 5.41 Å². The fourth-order valence-corrected chi connectivity index (χ4v) is 2.16. The van der Waals surface area contributed by atoms with Crippen LogP contribution in [0, 0.1) is 11.2 Å². The van der Waals surface area contributed by atoms with Gasteiger partial charge in [-0.25, -0.2) is 4.39 Å². The van der Waals surface area contributed by atoms with E-state index in [-0.39, 0.29) is 11.2 Å². The lowest BCUT2D eigenvalue weighted by molar-refractivity contribution is 0.319. The van der Waals surface area contributed by atoms with Crippen molar-refractivity contribution in [3.8, 4) is 5.75 Å². The van der Waals surface area contributed by atoms with E-state index in [4.69, 9.17) is 4.74 Å². The molecule has 19 heavy (non-hydrogen) atoms. The third-order valence-electron chi connectivity index (χ3n) is 3.25. The van der Waals surface area contributed by atoms with Gasteiger partial charge < -0.3 is 10.1 Å². The van der Waals surface area contributed by atoms with Gasteiger partial charge in [0.05, 0.1) is 7.11 Å². The third kappa shape index (κ3) is 5.60. The number of rotatable bonds is 7. The van der Waals surface area contributed by atoms with E-state index in [1.165, 1.54) is 7.11 Å². The lowest BCUT2D eigenvalue weighted by Crippen LogP contribution is -2.28. The Balaban J connectivity index is 2.59. The quantitative estimate of drug-likeness (QED) is 0.811. The summed E-state index contributed by atoms with van der Waals surface area (Å²) in [5.41, 5.74) is 1.18. The molecule has 0 radical (unpaired) electrons. The van der Waals surface area contributed by atoms with Crippen molar-refractivity contribution >= 4 is 0 Å². The summed E-state index contributed by atoms with van der Waals surface area (Å²) < 4.78 is 18.6. The summed E-state index contributed by atoms with van der Waals surface area (Å²) in [6.07, 6.45) is 1.94. The predicted molar refractivity (Wildman–Crippen MR) is 78.2 cm³/mol. The number of hydrogen-bond acceptors (Lipinski definition) is 2. The molecule has 0 heterocycles. The van der Waals surface area contributed by atoms with Crippen LogP contribution in [-0.2, 0) is 6.42 Å². The molecule has 0 amide bonds. The molecule has 108 valence electrons. The van der Waals surface area contributed by atoms with Crippen molar-refractivity contribution in [2.45, 2.75) is 46.6 Å². The molecule has 0 aromatic heterocycles. The zero-order chi connectivity index (χ0) is 14.5. The van der Waals surface area contributed by atoms with Crippen LogP contribution in [0.3, 0.4) is 0 Å². The molecule has 0 fully saturated rings. The largest absolute Gasteiger partial charge is 0.494 e. The molecule has 0 aliphatic heterocycles. The molecule has 1 N–H and O–H groups in total. The van der Waals surface area contributed by atoms with Crippen molar-refractivity contribution in [2.75, 3.05) is 13.7 Å². The summed E-state index contributed by atoms with van der Waals surface area (Å²) in [5, 5.41) is 3.42. The molecule has 0 bridgehead atoms. The van der Waals surface area contributed by atoms with Crippen molar-refractivity contribution < 1.29 is 9.13 Å². The standard InChI is InChI=1S/C16H26FNO/c1-12(2)18-9-8-16(3,4)11-13-6-7-15(19-5)14(17)10-13/h6-7,10,12,18H,8-9,11H2,1-5H3. The monoisotopic (exact) mass is 267 g/mol. The van der Waals surface area contributed by atoms with Crippen LogP contribution in [0.1, 0.15) is 39.7 Å². The maximum absolute atomic E-state index is 13.6. The van der Waals surface area contributed by atoms with Crippen LogP contribution in [0.2, 0.25) is 0 Å². The summed E-state index contributed by atoms with van der Waals surface area (Å²) in [6, 6.07) is 5.73. The average molecular weight is 267 g/mol. The van der Waals surface area contributed by atoms with Gasteiger partial charge in [-0.05, 0) is 42.5 Å². The molecule has 0 aliphatic carbocycles. The second-order valence-electron chi connectivity index (χ2n) is 6.17. The van der Waals surface area contributed by atoms with Gasteiger partial charge in [0.1, 0.15) is 0 Å². The number of halogens is 1. The Labute approximate surface area is 116 Å². The van der Waals surface area contributed by atoms with Gasteiger partial charge in [0.25, 0.3) is 0 Å². The molecule has 1 aromatic carbocycles. The van der Waals surface area contributed by atoms with Crippen molar-refractivity contribution in [1.29, 1.82) is 0 Å². The van der Waals surface area contributed by atoms with E-state index < -0.39 is 0 Å². The van der Waals surface area contributed by atoms with Gasteiger partial charge in [0.2, 0.25) is 0 Å². The minimum Gasteiger partial charge on any atom is -0.494 e. The molecule has 0 aliphatic rings. The molecule has 3 heteroatoms. The van der Waals surface area contributed by atoms with Gasteiger partial charge in [-0.1, -0.05) is 33.8 Å². The molecular formula is C16H26FNO. The number of hydrogen-bond donors (Lipinski definition) is 1. The van der Waals surface area contributed by atoms with Gasteiger partial charge >= 0.3 is 0 Å². The average Bonchev–Trinajstić information content (AvgIpc) is 2.27. The first-order valence-corrected chi connectivity index (χ1v) is 6.90. The van der Waals surface area contributed by atoms with E-state index in [1.54, 1.807) is 12.1 Å². The normalized spacial score (nSPS) is 11.9. The summed E-state index contributed by atoms with van der Waals surface area (Å²) >= 11 is 0. The van der Waals surface area contributed by atoms with E-state index in [0.717, 1.165) is 24.9 Å². The smallest absolute Gasteiger partial charge is 0.165 e. The highest BCUT2D eigenvalue weighted by atomic mass is 19.1. The Morgan fingerprint density at radius 1 is 1.32 bits per heavy atom. The van der Waals surface area contributed by atoms with Crippen LogP contribution in [-0.4, -0.2) is 19.7 Å². The van der Waals surface area contributed by atoms with E-state index in [0.29, 0.717) is 11.8 Å². The van der Waals surface area contributed by atoms with Crippen LogP contribution < -0.4 is 10.1 Å². The van der Waals surface area contributed by atoms with E-state index >= 15 is 0 Å². The van der Waals surface area contributed by atoms with Crippen LogP contribution in [0.5, 0.6) is 5.75 Å². The molecule has 2 nitrogen and oxygen atoms in total. The lowest BCUT2D eigenvalue weighted by Gasteiger charge is -2.25. The first kappa shape index (κ1) is 16.0. The SMILES string of the molecule is COc1ccc(CC(C)(C)CCNC(C)C)cc1F. The Kier molecular flexibility index (Phi) is 5.80. The topological polar surface area (TPSA) is 21.3 Å². The highest BCUT2D eigenvalue weighted by Gasteiger charge is 2.19. The van der Waals surface area contributed by atoms with E-state index in [9.17, 15) is 4.39 Å². The Bertz CT molecular complexity index is 402. The second kappa shape index (κ2) is 6.90. The molecule has 1 aromatic rings. The zero-order valence-electron chi connectivity index (χ0n) is 12.7. The third-order valence-corrected chi connectivity index (χ3v) is 3.25. The number of methoxy groups -OCH3 is 1. The summed E-state index contributed by atoms with van der Waals surface area (Å²) in [4.78, 5) is 0. The molecule has 0 spiro atoms. The molecule has 0 saturated carbocycles. The maximum atomic E-state index is 13.6. The zero-order valence-corrected chi connectivity index (χ0v) is 12.7. The predicted octanol–water partition coefficient (Wildman–Crippen LogP) is 3.79. The van der Waals surface area contributed by atoms with Crippen LogP contribution in [0.4, 0.5) is 4.39 Å². The van der Waals surface area contributed by atoms with E-state index in [2.05, 4.69) is 33.0 Å². The first-order chi connectivity index (χ1) is 8.84. The van der Waals surface area contributed by atoms with Crippen LogP contribution in [0.25, 0.3) is 0 Å².